The molecule has 0 fully saturated rings. The van der Waals surface area contributed by atoms with Gasteiger partial charge in [-0.05, 0) is 54.2 Å². The van der Waals surface area contributed by atoms with Gasteiger partial charge >= 0.3 is 6.61 Å². The number of halogens is 2. The summed E-state index contributed by atoms with van der Waals surface area (Å²) in [5.41, 5.74) is 1.78. The van der Waals surface area contributed by atoms with Crippen LogP contribution in [0.3, 0.4) is 0 Å². The fourth-order valence-electron chi connectivity index (χ4n) is 2.02. The third-order valence-electron chi connectivity index (χ3n) is 3.26. The number of nitrogens with one attached hydrogen (secondary N) is 1. The Morgan fingerprint density at radius 1 is 1.08 bits per heavy atom. The second-order valence-electron chi connectivity index (χ2n) is 5.04. The smallest absolute Gasteiger partial charge is 0.387 e. The minimum atomic E-state index is -2.82. The molecular weight excluding hydrogens is 334 g/mol. The summed E-state index contributed by atoms with van der Waals surface area (Å²) < 4.78 is 33.7. The number of thiocarbonyl (C=S) groups is 1. The van der Waals surface area contributed by atoms with Crippen LogP contribution in [0.15, 0.2) is 48.5 Å². The number of benzene rings is 2. The molecule has 0 radical (unpaired) electrons. The van der Waals surface area contributed by atoms with E-state index in [1.165, 1.54) is 12.1 Å². The van der Waals surface area contributed by atoms with Gasteiger partial charge in [0.25, 0.3) is 0 Å². The van der Waals surface area contributed by atoms with Gasteiger partial charge in [-0.15, -0.1) is 0 Å². The molecule has 0 aliphatic carbocycles. The van der Waals surface area contributed by atoms with Gasteiger partial charge in [0.15, 0.2) is 5.11 Å². The molecule has 0 amide bonds. The Balaban J connectivity index is 1.90. The van der Waals surface area contributed by atoms with E-state index >= 15 is 0 Å². The van der Waals surface area contributed by atoms with Gasteiger partial charge in [-0.3, -0.25) is 0 Å². The van der Waals surface area contributed by atoms with E-state index in [9.17, 15) is 8.78 Å². The van der Waals surface area contributed by atoms with E-state index in [0.717, 1.165) is 17.0 Å². The van der Waals surface area contributed by atoms with Crippen LogP contribution in [0.2, 0.25) is 0 Å². The summed E-state index contributed by atoms with van der Waals surface area (Å²) in [5.74, 6) is 0.904. The van der Waals surface area contributed by atoms with Crippen LogP contribution in [0.5, 0.6) is 11.5 Å². The summed E-state index contributed by atoms with van der Waals surface area (Å²) >= 11 is 5.36. The van der Waals surface area contributed by atoms with Gasteiger partial charge in [-0.2, -0.15) is 8.78 Å². The average molecular weight is 352 g/mol. The molecule has 7 heteroatoms. The van der Waals surface area contributed by atoms with Crippen molar-refractivity contribution in [3.05, 3.63) is 54.1 Å². The SMILES string of the molecule is COc1ccc(NC(=S)N(C)Cc2ccc(OC(F)F)cc2)cc1. The summed E-state index contributed by atoms with van der Waals surface area (Å²) in [4.78, 5) is 1.85. The van der Waals surface area contributed by atoms with Gasteiger partial charge in [0.05, 0.1) is 7.11 Å². The largest absolute Gasteiger partial charge is 0.497 e. The fourth-order valence-corrected chi connectivity index (χ4v) is 2.20. The number of alkyl halides is 2. The molecule has 2 aromatic carbocycles. The van der Waals surface area contributed by atoms with Crippen molar-refractivity contribution in [2.24, 2.45) is 0 Å². The lowest BCUT2D eigenvalue weighted by molar-refractivity contribution is -0.0498. The van der Waals surface area contributed by atoms with Gasteiger partial charge in [0.2, 0.25) is 0 Å². The molecule has 4 nitrogen and oxygen atoms in total. The third kappa shape index (κ3) is 5.34. The molecule has 0 aromatic heterocycles. The van der Waals surface area contributed by atoms with E-state index in [-0.39, 0.29) is 5.75 Å². The number of anilines is 1. The molecule has 0 unspecified atom stereocenters. The zero-order chi connectivity index (χ0) is 17.5. The van der Waals surface area contributed by atoms with Crippen LogP contribution >= 0.6 is 12.2 Å². The van der Waals surface area contributed by atoms with Crippen molar-refractivity contribution in [3.63, 3.8) is 0 Å². The Labute approximate surface area is 145 Å². The lowest BCUT2D eigenvalue weighted by atomic mass is 10.2. The van der Waals surface area contributed by atoms with Gasteiger partial charge in [-0.1, -0.05) is 12.1 Å². The lowest BCUT2D eigenvalue weighted by Gasteiger charge is -2.21. The Bertz CT molecular complexity index is 663. The maximum atomic E-state index is 12.1. The number of methoxy groups -OCH3 is 1. The second kappa shape index (κ2) is 8.44. The monoisotopic (exact) mass is 352 g/mol. The van der Waals surface area contributed by atoms with Gasteiger partial charge in [0.1, 0.15) is 11.5 Å². The van der Waals surface area contributed by atoms with Crippen LogP contribution in [0.1, 0.15) is 5.56 Å². The maximum Gasteiger partial charge on any atom is 0.387 e. The average Bonchev–Trinajstić information content (AvgIpc) is 2.56. The molecule has 24 heavy (non-hydrogen) atoms. The third-order valence-corrected chi connectivity index (χ3v) is 3.67. The predicted molar refractivity (Wildman–Crippen MR) is 93.8 cm³/mol. The number of ether oxygens (including phenoxy) is 2. The quantitative estimate of drug-likeness (QED) is 0.791. The number of hydrogen-bond acceptors (Lipinski definition) is 3. The highest BCUT2D eigenvalue weighted by Crippen LogP contribution is 2.17. The molecular formula is C17H18F2N2O2S. The zero-order valence-corrected chi connectivity index (χ0v) is 14.1. The number of nitrogens with zero attached hydrogens (tertiary/aromatic N) is 1. The standard InChI is InChI=1S/C17H18F2N2O2S/c1-21(11-12-3-7-15(8-4-12)23-16(18)19)17(24)20-13-5-9-14(22-2)10-6-13/h3-10,16H,11H2,1-2H3,(H,20,24). The summed E-state index contributed by atoms with van der Waals surface area (Å²) in [6, 6.07) is 13.9. The Kier molecular flexibility index (Phi) is 6.31. The lowest BCUT2D eigenvalue weighted by Crippen LogP contribution is -2.30. The Morgan fingerprint density at radius 2 is 1.67 bits per heavy atom. The fraction of sp³-hybridized carbons (Fsp3) is 0.235. The molecule has 1 N–H and O–H groups in total. The molecule has 0 aliphatic heterocycles. The molecule has 0 saturated carbocycles. The molecule has 2 rings (SSSR count). The first-order valence-corrected chi connectivity index (χ1v) is 7.58. The van der Waals surface area contributed by atoms with Crippen LogP contribution in [0, 0.1) is 0 Å². The Hall–Kier alpha value is -2.41. The molecule has 0 bridgehead atoms. The van der Waals surface area contributed by atoms with Crippen LogP contribution in [-0.4, -0.2) is 30.8 Å². The zero-order valence-electron chi connectivity index (χ0n) is 13.3. The van der Waals surface area contributed by atoms with Crippen LogP contribution in [0.25, 0.3) is 0 Å². The van der Waals surface area contributed by atoms with Crippen molar-refractivity contribution in [1.29, 1.82) is 0 Å². The summed E-state index contributed by atoms with van der Waals surface area (Å²) in [6.45, 7) is -2.28. The highest BCUT2D eigenvalue weighted by molar-refractivity contribution is 7.80. The first-order valence-electron chi connectivity index (χ1n) is 7.18. The van der Waals surface area contributed by atoms with Crippen molar-refractivity contribution in [3.8, 4) is 11.5 Å². The summed E-state index contributed by atoms with van der Waals surface area (Å²) in [5, 5.41) is 3.68. The second-order valence-corrected chi connectivity index (χ2v) is 5.42. The summed E-state index contributed by atoms with van der Waals surface area (Å²) in [6.07, 6.45) is 0. The van der Waals surface area contributed by atoms with Crippen LogP contribution < -0.4 is 14.8 Å². The van der Waals surface area contributed by atoms with Crippen molar-refractivity contribution < 1.29 is 18.3 Å². The predicted octanol–water partition coefficient (Wildman–Crippen LogP) is 4.13. The van der Waals surface area contributed by atoms with E-state index in [1.807, 2.05) is 36.2 Å². The molecule has 0 spiro atoms. The first kappa shape index (κ1) is 17.9. The number of rotatable bonds is 6. The minimum absolute atomic E-state index is 0.135. The Morgan fingerprint density at radius 3 is 2.21 bits per heavy atom. The highest BCUT2D eigenvalue weighted by atomic mass is 32.1. The van der Waals surface area contributed by atoms with Gasteiger partial charge < -0.3 is 19.7 Å². The van der Waals surface area contributed by atoms with E-state index < -0.39 is 6.61 Å². The van der Waals surface area contributed by atoms with Gasteiger partial charge in [0, 0.05) is 19.3 Å². The van der Waals surface area contributed by atoms with Crippen molar-refractivity contribution in [1.82, 2.24) is 4.90 Å². The van der Waals surface area contributed by atoms with Gasteiger partial charge in [-0.25, -0.2) is 0 Å². The molecule has 0 heterocycles. The molecule has 0 aliphatic rings. The summed E-state index contributed by atoms with van der Waals surface area (Å²) in [7, 11) is 3.46. The van der Waals surface area contributed by atoms with Crippen molar-refractivity contribution in [2.75, 3.05) is 19.5 Å². The number of hydrogen-bond donors (Lipinski definition) is 1. The molecule has 0 atom stereocenters. The first-order chi connectivity index (χ1) is 11.5. The molecule has 2 aromatic rings. The van der Waals surface area contributed by atoms with E-state index in [2.05, 4.69) is 10.1 Å². The maximum absolute atomic E-state index is 12.1. The molecule has 0 saturated heterocycles. The van der Waals surface area contributed by atoms with Crippen LogP contribution in [0.4, 0.5) is 14.5 Å². The van der Waals surface area contributed by atoms with Crippen molar-refractivity contribution in [2.45, 2.75) is 13.2 Å². The minimum Gasteiger partial charge on any atom is -0.497 e. The normalized spacial score (nSPS) is 10.4. The topological polar surface area (TPSA) is 33.7 Å². The highest BCUT2D eigenvalue weighted by Gasteiger charge is 2.08. The van der Waals surface area contributed by atoms with Crippen LogP contribution in [-0.2, 0) is 6.54 Å². The molecule has 128 valence electrons. The van der Waals surface area contributed by atoms with E-state index in [4.69, 9.17) is 17.0 Å². The van der Waals surface area contributed by atoms with E-state index in [0.29, 0.717) is 11.7 Å². The van der Waals surface area contributed by atoms with Crippen molar-refractivity contribution >= 4 is 23.0 Å². The van der Waals surface area contributed by atoms with E-state index in [1.54, 1.807) is 19.2 Å².